The van der Waals surface area contributed by atoms with Crippen molar-refractivity contribution >= 4 is 10.8 Å². The molecule has 1 aliphatic heterocycles. The molecule has 0 radical (unpaired) electrons. The molecule has 4 rings (SSSR count). The van der Waals surface area contributed by atoms with Crippen LogP contribution >= 0.6 is 0 Å². The van der Waals surface area contributed by atoms with Gasteiger partial charge in [-0.1, -0.05) is 24.3 Å². The largest absolute Gasteiger partial charge is 0.507 e. The average Bonchev–Trinajstić information content (AvgIpc) is 3.10. The molecule has 1 N–H and O–H groups in total. The first-order valence-electron chi connectivity index (χ1n) is 8.10. The first kappa shape index (κ1) is 14.7. The second-order valence-electron chi connectivity index (χ2n) is 5.96. The Kier molecular flexibility index (Phi) is 3.68. The van der Waals surface area contributed by atoms with Crippen LogP contribution in [0.1, 0.15) is 31.1 Å². The van der Waals surface area contributed by atoms with E-state index in [0.717, 1.165) is 30.0 Å². The van der Waals surface area contributed by atoms with Crippen LogP contribution in [0.2, 0.25) is 0 Å². The van der Waals surface area contributed by atoms with Gasteiger partial charge in [-0.15, -0.1) is 0 Å². The minimum atomic E-state index is -0.152. The summed E-state index contributed by atoms with van der Waals surface area (Å²) in [6.07, 6.45) is 4.55. The van der Waals surface area contributed by atoms with Gasteiger partial charge in [0.1, 0.15) is 11.8 Å². The Balaban J connectivity index is 1.93. The number of phenols is 1. The fraction of sp³-hybridized carbons (Fsp3) is 0.263. The van der Waals surface area contributed by atoms with E-state index < -0.39 is 0 Å². The Labute approximate surface area is 139 Å². The van der Waals surface area contributed by atoms with Gasteiger partial charge in [-0.05, 0) is 36.8 Å². The normalized spacial score (nSPS) is 17.7. The molecule has 1 fully saturated rings. The van der Waals surface area contributed by atoms with E-state index in [1.807, 2.05) is 30.3 Å². The summed E-state index contributed by atoms with van der Waals surface area (Å²) in [6.45, 7) is 0.707. The van der Waals surface area contributed by atoms with Crippen molar-refractivity contribution in [3.05, 3.63) is 48.2 Å². The summed E-state index contributed by atoms with van der Waals surface area (Å²) in [5.74, 6) is 0.0859. The molecule has 0 saturated carbocycles. The van der Waals surface area contributed by atoms with Gasteiger partial charge in [0.05, 0.1) is 16.8 Å². The van der Waals surface area contributed by atoms with Crippen LogP contribution in [0.25, 0.3) is 22.0 Å². The van der Waals surface area contributed by atoms with E-state index in [1.165, 1.54) is 0 Å². The van der Waals surface area contributed by atoms with Crippen molar-refractivity contribution in [2.75, 3.05) is 6.61 Å². The Hall–Kier alpha value is -2.84. The molecule has 5 heteroatoms. The standard InChI is InChI=1S/C19H17N3O2/c20-12-15-14-6-2-1-5-13(14)11-17(23)19(15)16-8-9-21-22(16)18-7-3-4-10-24-18/h1-2,5-6,8-9,11,18,23H,3-4,7,10H2. The van der Waals surface area contributed by atoms with Crippen molar-refractivity contribution in [3.63, 3.8) is 0 Å². The number of aromatic nitrogens is 2. The Morgan fingerprint density at radius 1 is 1.25 bits per heavy atom. The van der Waals surface area contributed by atoms with Crippen LogP contribution in [0, 0.1) is 11.3 Å². The van der Waals surface area contributed by atoms with E-state index in [-0.39, 0.29) is 12.0 Å². The lowest BCUT2D eigenvalue weighted by Gasteiger charge is -2.25. The number of nitrogens with zero attached hydrogens (tertiary/aromatic N) is 3. The molecule has 120 valence electrons. The molecule has 2 aromatic carbocycles. The van der Waals surface area contributed by atoms with E-state index in [2.05, 4.69) is 11.2 Å². The molecular weight excluding hydrogens is 302 g/mol. The van der Waals surface area contributed by atoms with Gasteiger partial charge in [0.25, 0.3) is 0 Å². The summed E-state index contributed by atoms with van der Waals surface area (Å²) in [5.41, 5.74) is 1.69. The number of phenolic OH excluding ortho intramolecular Hbond substituents is 1. The SMILES string of the molecule is N#Cc1c(-c2ccnn2C2CCCCO2)c(O)cc2ccccc12. The highest BCUT2D eigenvalue weighted by Crippen LogP contribution is 2.39. The maximum Gasteiger partial charge on any atom is 0.150 e. The van der Waals surface area contributed by atoms with Crippen LogP contribution in [0.4, 0.5) is 0 Å². The monoisotopic (exact) mass is 319 g/mol. The fourth-order valence-electron chi connectivity index (χ4n) is 3.37. The molecule has 0 amide bonds. The predicted octanol–water partition coefficient (Wildman–Crippen LogP) is 3.98. The number of aromatic hydroxyl groups is 1. The molecule has 1 aromatic heterocycles. The lowest BCUT2D eigenvalue weighted by Crippen LogP contribution is -2.20. The van der Waals surface area contributed by atoms with Gasteiger partial charge >= 0.3 is 0 Å². The smallest absolute Gasteiger partial charge is 0.150 e. The maximum atomic E-state index is 10.6. The zero-order valence-electron chi connectivity index (χ0n) is 13.1. The van der Waals surface area contributed by atoms with Gasteiger partial charge < -0.3 is 9.84 Å². The summed E-state index contributed by atoms with van der Waals surface area (Å²) < 4.78 is 7.60. The number of hydrogen-bond acceptors (Lipinski definition) is 4. The van der Waals surface area contributed by atoms with Crippen LogP contribution < -0.4 is 0 Å². The van der Waals surface area contributed by atoms with Crippen LogP contribution in [-0.4, -0.2) is 21.5 Å². The van der Waals surface area contributed by atoms with Crippen molar-refractivity contribution in [1.82, 2.24) is 9.78 Å². The number of hydrogen-bond donors (Lipinski definition) is 1. The molecule has 24 heavy (non-hydrogen) atoms. The van der Waals surface area contributed by atoms with Gasteiger partial charge in [0, 0.05) is 18.2 Å². The predicted molar refractivity (Wildman–Crippen MR) is 90.4 cm³/mol. The minimum Gasteiger partial charge on any atom is -0.507 e. The molecular formula is C19H17N3O2. The third-order valence-corrected chi connectivity index (χ3v) is 4.50. The summed E-state index contributed by atoms with van der Waals surface area (Å²) in [7, 11) is 0. The van der Waals surface area contributed by atoms with Gasteiger partial charge in [0.2, 0.25) is 0 Å². The number of benzene rings is 2. The average molecular weight is 319 g/mol. The highest BCUT2D eigenvalue weighted by Gasteiger charge is 2.23. The molecule has 0 spiro atoms. The van der Waals surface area contributed by atoms with Crippen molar-refractivity contribution in [1.29, 1.82) is 5.26 Å². The maximum absolute atomic E-state index is 10.6. The Morgan fingerprint density at radius 3 is 2.92 bits per heavy atom. The lowest BCUT2D eigenvalue weighted by molar-refractivity contribution is -0.0383. The zero-order chi connectivity index (χ0) is 16.5. The van der Waals surface area contributed by atoms with Crippen molar-refractivity contribution in [3.8, 4) is 23.1 Å². The second kappa shape index (κ2) is 5.99. The van der Waals surface area contributed by atoms with E-state index in [9.17, 15) is 10.4 Å². The lowest BCUT2D eigenvalue weighted by atomic mass is 9.96. The van der Waals surface area contributed by atoms with Crippen LogP contribution in [0.3, 0.4) is 0 Å². The summed E-state index contributed by atoms with van der Waals surface area (Å²) >= 11 is 0. The van der Waals surface area contributed by atoms with Gasteiger partial charge in [0.15, 0.2) is 6.23 Å². The number of rotatable bonds is 2. The third-order valence-electron chi connectivity index (χ3n) is 4.50. The summed E-state index contributed by atoms with van der Waals surface area (Å²) in [4.78, 5) is 0. The number of nitriles is 1. The van der Waals surface area contributed by atoms with Gasteiger partial charge in [-0.2, -0.15) is 10.4 Å². The first-order valence-corrected chi connectivity index (χ1v) is 8.10. The topological polar surface area (TPSA) is 71.1 Å². The highest BCUT2D eigenvalue weighted by molar-refractivity contribution is 5.96. The molecule has 0 aliphatic carbocycles. The molecule has 2 heterocycles. The number of fused-ring (bicyclic) bond motifs is 1. The number of ether oxygens (including phenoxy) is 1. The Bertz CT molecular complexity index is 933. The van der Waals surface area contributed by atoms with Gasteiger partial charge in [-0.25, -0.2) is 4.68 Å². The van der Waals surface area contributed by atoms with E-state index in [1.54, 1.807) is 16.9 Å². The third kappa shape index (κ3) is 2.32. The van der Waals surface area contributed by atoms with Crippen LogP contribution in [0.15, 0.2) is 42.6 Å². The molecule has 1 aliphatic rings. The van der Waals surface area contributed by atoms with Gasteiger partial charge in [-0.3, -0.25) is 0 Å². The molecule has 3 aromatic rings. The van der Waals surface area contributed by atoms with Crippen LogP contribution in [0.5, 0.6) is 5.75 Å². The van der Waals surface area contributed by atoms with Crippen molar-refractivity contribution in [2.24, 2.45) is 0 Å². The molecule has 1 atom stereocenters. The Morgan fingerprint density at radius 2 is 2.12 bits per heavy atom. The van der Waals surface area contributed by atoms with Crippen LogP contribution in [-0.2, 0) is 4.74 Å². The molecule has 1 saturated heterocycles. The van der Waals surface area contributed by atoms with E-state index in [0.29, 0.717) is 23.4 Å². The first-order chi connectivity index (χ1) is 11.8. The molecule has 5 nitrogen and oxygen atoms in total. The fourth-order valence-corrected chi connectivity index (χ4v) is 3.37. The quantitative estimate of drug-likeness (QED) is 0.775. The molecule has 1 unspecified atom stereocenters. The van der Waals surface area contributed by atoms with Crippen molar-refractivity contribution in [2.45, 2.75) is 25.5 Å². The second-order valence-corrected chi connectivity index (χ2v) is 5.96. The molecule has 0 bridgehead atoms. The highest BCUT2D eigenvalue weighted by atomic mass is 16.5. The van der Waals surface area contributed by atoms with E-state index in [4.69, 9.17) is 4.74 Å². The van der Waals surface area contributed by atoms with Crippen molar-refractivity contribution < 1.29 is 9.84 Å². The summed E-state index contributed by atoms with van der Waals surface area (Å²) in [5, 5.41) is 26.4. The summed E-state index contributed by atoms with van der Waals surface area (Å²) in [6, 6.07) is 13.4. The minimum absolute atomic E-state index is 0.0859. The van der Waals surface area contributed by atoms with E-state index >= 15 is 0 Å². The zero-order valence-corrected chi connectivity index (χ0v) is 13.1.